The summed E-state index contributed by atoms with van der Waals surface area (Å²) in [5.41, 5.74) is 3.48. The summed E-state index contributed by atoms with van der Waals surface area (Å²) in [5, 5.41) is 3.55. The SMILES string of the molecule is COCCN(CCc1csc2nc(-c3ccc(Cl)cc3)cn12)C(=O)c1ccc(Cl)c(Cl)c1. The highest BCUT2D eigenvalue weighted by molar-refractivity contribution is 7.15. The van der Waals surface area contributed by atoms with Gasteiger partial charge in [0.05, 0.1) is 22.3 Å². The number of rotatable bonds is 8. The Kier molecular flexibility index (Phi) is 7.38. The number of hydrogen-bond acceptors (Lipinski definition) is 4. The minimum atomic E-state index is -0.112. The first-order valence-corrected chi connectivity index (χ1v) is 11.9. The third-order valence-electron chi connectivity index (χ3n) is 5.08. The van der Waals surface area contributed by atoms with Crippen LogP contribution in [0.3, 0.4) is 0 Å². The van der Waals surface area contributed by atoms with Crippen LogP contribution in [0.5, 0.6) is 0 Å². The maximum Gasteiger partial charge on any atom is 0.253 e. The molecule has 0 saturated carbocycles. The second-order valence-corrected chi connectivity index (χ2v) is 9.26. The van der Waals surface area contributed by atoms with E-state index < -0.39 is 0 Å². The molecule has 0 atom stereocenters. The van der Waals surface area contributed by atoms with Gasteiger partial charge in [-0.15, -0.1) is 11.3 Å². The molecule has 0 unspecified atom stereocenters. The Morgan fingerprint density at radius 1 is 1.09 bits per heavy atom. The van der Waals surface area contributed by atoms with E-state index in [4.69, 9.17) is 44.5 Å². The highest BCUT2D eigenvalue weighted by Crippen LogP contribution is 2.26. The number of hydrogen-bond donors (Lipinski definition) is 0. The summed E-state index contributed by atoms with van der Waals surface area (Å²) in [4.78, 5) is 20.5. The zero-order valence-corrected chi connectivity index (χ0v) is 20.3. The number of aromatic nitrogens is 2. The van der Waals surface area contributed by atoms with E-state index in [9.17, 15) is 4.79 Å². The van der Waals surface area contributed by atoms with Gasteiger partial charge in [-0.05, 0) is 30.3 Å². The molecule has 0 fully saturated rings. The summed E-state index contributed by atoms with van der Waals surface area (Å²) in [6.07, 6.45) is 2.69. The summed E-state index contributed by atoms with van der Waals surface area (Å²) >= 11 is 19.7. The minimum Gasteiger partial charge on any atom is -0.383 e. The first-order chi connectivity index (χ1) is 15.5. The van der Waals surface area contributed by atoms with Crippen LogP contribution in [0, 0.1) is 0 Å². The first-order valence-electron chi connectivity index (χ1n) is 9.91. The molecule has 0 aliphatic heterocycles. The number of ether oxygens (including phenoxy) is 1. The zero-order chi connectivity index (χ0) is 22.7. The fourth-order valence-electron chi connectivity index (χ4n) is 3.35. The molecule has 0 N–H and O–H groups in total. The lowest BCUT2D eigenvalue weighted by atomic mass is 10.2. The fourth-order valence-corrected chi connectivity index (χ4v) is 4.68. The quantitative estimate of drug-likeness (QED) is 0.278. The largest absolute Gasteiger partial charge is 0.383 e. The molecule has 1 amide bonds. The molecule has 2 heterocycles. The van der Waals surface area contributed by atoms with Crippen molar-refractivity contribution in [1.29, 1.82) is 0 Å². The highest BCUT2D eigenvalue weighted by Gasteiger charge is 2.18. The van der Waals surface area contributed by atoms with Crippen LogP contribution in [0.1, 0.15) is 16.1 Å². The topological polar surface area (TPSA) is 46.8 Å². The van der Waals surface area contributed by atoms with Gasteiger partial charge in [0.25, 0.3) is 5.91 Å². The van der Waals surface area contributed by atoms with E-state index in [0.29, 0.717) is 46.7 Å². The smallest absolute Gasteiger partial charge is 0.253 e. The van der Waals surface area contributed by atoms with Crippen molar-refractivity contribution in [2.75, 3.05) is 26.8 Å². The van der Waals surface area contributed by atoms with Crippen molar-refractivity contribution >= 4 is 57.0 Å². The molecule has 2 aromatic carbocycles. The molecule has 0 radical (unpaired) electrons. The van der Waals surface area contributed by atoms with E-state index in [-0.39, 0.29) is 5.91 Å². The van der Waals surface area contributed by atoms with E-state index in [1.807, 2.05) is 30.5 Å². The molecular weight excluding hydrogens is 489 g/mol. The summed E-state index contributed by atoms with van der Waals surface area (Å²) in [5.74, 6) is -0.112. The fraction of sp³-hybridized carbons (Fsp3) is 0.217. The lowest BCUT2D eigenvalue weighted by Crippen LogP contribution is -2.35. The number of benzene rings is 2. The number of methoxy groups -OCH3 is 1. The van der Waals surface area contributed by atoms with E-state index >= 15 is 0 Å². The van der Waals surface area contributed by atoms with E-state index in [0.717, 1.165) is 21.9 Å². The van der Waals surface area contributed by atoms with E-state index in [2.05, 4.69) is 9.78 Å². The molecule has 166 valence electrons. The Hall–Kier alpha value is -2.09. The van der Waals surface area contributed by atoms with Crippen LogP contribution in [0.25, 0.3) is 16.2 Å². The number of carbonyl (C=O) groups is 1. The third-order valence-corrected chi connectivity index (χ3v) is 6.96. The summed E-state index contributed by atoms with van der Waals surface area (Å²) in [6, 6.07) is 12.5. The Balaban J connectivity index is 1.52. The molecule has 32 heavy (non-hydrogen) atoms. The molecule has 0 bridgehead atoms. The van der Waals surface area contributed by atoms with E-state index in [1.54, 1.807) is 41.5 Å². The molecular formula is C23H20Cl3N3O2S. The van der Waals surface area contributed by atoms with Crippen LogP contribution in [0.4, 0.5) is 0 Å². The third kappa shape index (κ3) is 5.11. The molecule has 0 aliphatic rings. The van der Waals surface area contributed by atoms with Gasteiger partial charge >= 0.3 is 0 Å². The minimum absolute atomic E-state index is 0.112. The molecule has 0 aliphatic carbocycles. The lowest BCUT2D eigenvalue weighted by Gasteiger charge is -2.22. The molecule has 4 aromatic rings. The van der Waals surface area contributed by atoms with E-state index in [1.165, 1.54) is 0 Å². The number of carbonyl (C=O) groups excluding carboxylic acids is 1. The number of nitrogens with zero attached hydrogens (tertiary/aromatic N) is 3. The molecule has 5 nitrogen and oxygen atoms in total. The molecule has 4 rings (SSSR count). The van der Waals surface area contributed by atoms with Crippen LogP contribution in [0.15, 0.2) is 54.0 Å². The van der Waals surface area contributed by atoms with Crippen molar-refractivity contribution in [2.45, 2.75) is 6.42 Å². The molecule has 2 aromatic heterocycles. The molecule has 0 saturated heterocycles. The van der Waals surface area contributed by atoms with Crippen molar-refractivity contribution in [2.24, 2.45) is 0 Å². The lowest BCUT2D eigenvalue weighted by molar-refractivity contribution is 0.0697. The van der Waals surface area contributed by atoms with Crippen molar-refractivity contribution in [1.82, 2.24) is 14.3 Å². The van der Waals surface area contributed by atoms with Gasteiger partial charge in [0.1, 0.15) is 0 Å². The Morgan fingerprint density at radius 3 is 2.59 bits per heavy atom. The van der Waals surface area contributed by atoms with Gasteiger partial charge in [0.15, 0.2) is 4.96 Å². The average Bonchev–Trinajstić information content (AvgIpc) is 3.37. The maximum atomic E-state index is 13.1. The predicted octanol–water partition coefficient (Wildman–Crippen LogP) is 6.35. The van der Waals surface area contributed by atoms with Gasteiger partial charge in [0, 0.05) is 60.0 Å². The van der Waals surface area contributed by atoms with Crippen molar-refractivity contribution in [3.8, 4) is 11.3 Å². The summed E-state index contributed by atoms with van der Waals surface area (Å²) < 4.78 is 7.28. The first kappa shape index (κ1) is 23.1. The van der Waals surface area contributed by atoms with Gasteiger partial charge in [-0.1, -0.05) is 46.9 Å². The van der Waals surface area contributed by atoms with Crippen molar-refractivity contribution < 1.29 is 9.53 Å². The zero-order valence-electron chi connectivity index (χ0n) is 17.2. The second kappa shape index (κ2) is 10.2. The highest BCUT2D eigenvalue weighted by atomic mass is 35.5. The van der Waals surface area contributed by atoms with Gasteiger partial charge in [0.2, 0.25) is 0 Å². The second-order valence-electron chi connectivity index (χ2n) is 7.18. The maximum absolute atomic E-state index is 13.1. The number of fused-ring (bicyclic) bond motifs is 1. The van der Waals surface area contributed by atoms with Crippen LogP contribution in [-0.4, -0.2) is 47.0 Å². The number of amides is 1. The standard InChI is InChI=1S/C23H20Cl3N3O2S/c1-31-11-10-28(22(30)16-4-7-19(25)20(26)12-16)9-8-18-14-32-23-27-21(13-29(18)23)15-2-5-17(24)6-3-15/h2-7,12-14H,8-11H2,1H3. The summed E-state index contributed by atoms with van der Waals surface area (Å²) in [6.45, 7) is 1.45. The van der Waals surface area contributed by atoms with Gasteiger partial charge in [-0.2, -0.15) is 0 Å². The predicted molar refractivity (Wildman–Crippen MR) is 131 cm³/mol. The van der Waals surface area contributed by atoms with Crippen LogP contribution < -0.4 is 0 Å². The van der Waals surface area contributed by atoms with Gasteiger partial charge < -0.3 is 9.64 Å². The Morgan fingerprint density at radius 2 is 1.88 bits per heavy atom. The van der Waals surface area contributed by atoms with Crippen molar-refractivity contribution in [3.63, 3.8) is 0 Å². The number of thiazole rings is 1. The molecule has 9 heteroatoms. The Bertz CT molecular complexity index is 1240. The monoisotopic (exact) mass is 507 g/mol. The van der Waals surface area contributed by atoms with Crippen LogP contribution in [0.2, 0.25) is 15.1 Å². The normalized spacial score (nSPS) is 11.2. The number of imidazole rings is 1. The van der Waals surface area contributed by atoms with Gasteiger partial charge in [-0.3, -0.25) is 9.20 Å². The average molecular weight is 509 g/mol. The Labute approximate surface area is 205 Å². The van der Waals surface area contributed by atoms with Crippen LogP contribution in [-0.2, 0) is 11.2 Å². The molecule has 0 spiro atoms. The number of halogens is 3. The van der Waals surface area contributed by atoms with Crippen LogP contribution >= 0.6 is 46.1 Å². The summed E-state index contributed by atoms with van der Waals surface area (Å²) in [7, 11) is 1.62. The van der Waals surface area contributed by atoms with Crippen molar-refractivity contribution in [3.05, 3.63) is 80.4 Å². The van der Waals surface area contributed by atoms with Gasteiger partial charge in [-0.25, -0.2) is 4.98 Å².